The van der Waals surface area contributed by atoms with Gasteiger partial charge in [-0.15, -0.1) is 0 Å². The van der Waals surface area contributed by atoms with Crippen molar-refractivity contribution < 1.29 is 4.74 Å². The Morgan fingerprint density at radius 3 is 2.21 bits per heavy atom. The summed E-state index contributed by atoms with van der Waals surface area (Å²) in [5.74, 6) is 2.99. The number of nitrogens with one attached hydrogen (secondary N) is 2. The van der Waals surface area contributed by atoms with Crippen molar-refractivity contribution in [3.63, 3.8) is 0 Å². The molecule has 1 aromatic heterocycles. The van der Waals surface area contributed by atoms with E-state index in [4.69, 9.17) is 4.74 Å². The highest BCUT2D eigenvalue weighted by Crippen LogP contribution is 2.25. The molecule has 1 fully saturated rings. The third-order valence-electron chi connectivity index (χ3n) is 4.79. The smallest absolute Gasteiger partial charge is 0.136 e. The van der Waals surface area contributed by atoms with Gasteiger partial charge in [-0.1, -0.05) is 6.07 Å². The number of nitrogens with zero attached hydrogens (tertiary/aromatic N) is 3. The number of methoxy groups -OCH3 is 1. The van der Waals surface area contributed by atoms with E-state index in [2.05, 4.69) is 49.8 Å². The zero-order valence-corrected chi connectivity index (χ0v) is 16.3. The van der Waals surface area contributed by atoms with E-state index in [1.165, 1.54) is 18.5 Å². The van der Waals surface area contributed by atoms with E-state index >= 15 is 0 Å². The monoisotopic (exact) mass is 375 g/mol. The third kappa shape index (κ3) is 4.34. The predicted molar refractivity (Wildman–Crippen MR) is 114 cm³/mol. The molecule has 3 aromatic rings. The fourth-order valence-corrected chi connectivity index (χ4v) is 3.42. The van der Waals surface area contributed by atoms with Gasteiger partial charge in [0.25, 0.3) is 0 Å². The lowest BCUT2D eigenvalue weighted by Gasteiger charge is -2.18. The zero-order valence-electron chi connectivity index (χ0n) is 16.3. The van der Waals surface area contributed by atoms with Crippen LogP contribution >= 0.6 is 0 Å². The first-order valence-corrected chi connectivity index (χ1v) is 9.58. The Labute approximate surface area is 165 Å². The normalized spacial score (nSPS) is 13.4. The molecular weight excluding hydrogens is 350 g/mol. The van der Waals surface area contributed by atoms with Gasteiger partial charge in [0.2, 0.25) is 0 Å². The molecule has 0 radical (unpaired) electrons. The van der Waals surface area contributed by atoms with E-state index in [0.717, 1.165) is 41.8 Å². The van der Waals surface area contributed by atoms with Crippen LogP contribution in [-0.2, 0) is 0 Å². The van der Waals surface area contributed by atoms with Crippen molar-refractivity contribution in [3.8, 4) is 5.75 Å². The minimum atomic E-state index is 0.698. The fraction of sp³-hybridized carbons (Fsp3) is 0.273. The number of hydrogen-bond donors (Lipinski definition) is 2. The quantitative estimate of drug-likeness (QED) is 0.640. The van der Waals surface area contributed by atoms with Crippen molar-refractivity contribution in [1.82, 2.24) is 9.97 Å². The van der Waals surface area contributed by atoms with E-state index in [9.17, 15) is 0 Å². The Kier molecular flexibility index (Phi) is 5.28. The van der Waals surface area contributed by atoms with Gasteiger partial charge in [-0.3, -0.25) is 0 Å². The summed E-state index contributed by atoms with van der Waals surface area (Å²) in [7, 11) is 1.66. The van der Waals surface area contributed by atoms with Gasteiger partial charge in [-0.25, -0.2) is 9.97 Å². The van der Waals surface area contributed by atoms with E-state index in [-0.39, 0.29) is 0 Å². The molecule has 1 saturated heterocycles. The highest BCUT2D eigenvalue weighted by atomic mass is 16.5. The molecule has 6 heteroatoms. The molecule has 0 saturated carbocycles. The molecule has 0 aliphatic carbocycles. The van der Waals surface area contributed by atoms with Gasteiger partial charge in [0.1, 0.15) is 23.2 Å². The van der Waals surface area contributed by atoms with E-state index in [1.807, 2.05) is 37.3 Å². The van der Waals surface area contributed by atoms with Crippen LogP contribution < -0.4 is 20.3 Å². The zero-order chi connectivity index (χ0) is 19.3. The number of benzene rings is 2. The number of ether oxygens (including phenoxy) is 1. The summed E-state index contributed by atoms with van der Waals surface area (Å²) in [6.45, 7) is 4.19. The van der Waals surface area contributed by atoms with Crippen LogP contribution in [0.2, 0.25) is 0 Å². The second kappa shape index (κ2) is 8.17. The molecular formula is C22H25N5O. The van der Waals surface area contributed by atoms with Gasteiger partial charge in [-0.2, -0.15) is 0 Å². The lowest BCUT2D eigenvalue weighted by Crippen LogP contribution is -2.17. The average Bonchev–Trinajstić information content (AvgIpc) is 3.23. The summed E-state index contributed by atoms with van der Waals surface area (Å²) in [5.41, 5.74) is 3.20. The number of aryl methyl sites for hydroxylation is 1. The minimum absolute atomic E-state index is 0.698. The molecule has 6 nitrogen and oxygen atoms in total. The Morgan fingerprint density at radius 2 is 1.54 bits per heavy atom. The van der Waals surface area contributed by atoms with Crippen LogP contribution in [-0.4, -0.2) is 30.2 Å². The maximum absolute atomic E-state index is 5.28. The second-order valence-corrected chi connectivity index (χ2v) is 6.91. The molecule has 0 atom stereocenters. The van der Waals surface area contributed by atoms with Crippen LogP contribution in [0.15, 0.2) is 54.6 Å². The topological polar surface area (TPSA) is 62.3 Å². The molecule has 0 spiro atoms. The molecule has 28 heavy (non-hydrogen) atoms. The van der Waals surface area contributed by atoms with Gasteiger partial charge in [0, 0.05) is 42.3 Å². The number of anilines is 5. The standard InChI is InChI=1S/C22H25N5O/c1-16-23-21(15-22(24-16)26-18-6-5-7-20(14-18)28-2)25-17-8-10-19(11-9-17)27-12-3-4-13-27/h5-11,14-15H,3-4,12-13H2,1-2H3,(H2,23,24,25,26). The van der Waals surface area contributed by atoms with Crippen LogP contribution in [0, 0.1) is 6.92 Å². The van der Waals surface area contributed by atoms with Crippen LogP contribution in [0.25, 0.3) is 0 Å². The highest BCUT2D eigenvalue weighted by molar-refractivity contribution is 5.65. The molecule has 2 N–H and O–H groups in total. The number of rotatable bonds is 6. The first-order valence-electron chi connectivity index (χ1n) is 9.58. The van der Waals surface area contributed by atoms with Gasteiger partial charge in [0.15, 0.2) is 0 Å². The first kappa shape index (κ1) is 18.1. The maximum atomic E-state index is 5.28. The van der Waals surface area contributed by atoms with Crippen molar-refractivity contribution in [2.24, 2.45) is 0 Å². The molecule has 0 amide bonds. The Morgan fingerprint density at radius 1 is 0.857 bits per heavy atom. The lowest BCUT2D eigenvalue weighted by molar-refractivity contribution is 0.415. The second-order valence-electron chi connectivity index (χ2n) is 6.91. The van der Waals surface area contributed by atoms with Crippen LogP contribution in [0.3, 0.4) is 0 Å². The first-order chi connectivity index (χ1) is 13.7. The molecule has 2 heterocycles. The Bertz CT molecular complexity index is 936. The Balaban J connectivity index is 1.48. The van der Waals surface area contributed by atoms with Crippen molar-refractivity contribution in [3.05, 3.63) is 60.4 Å². The van der Waals surface area contributed by atoms with E-state index < -0.39 is 0 Å². The predicted octanol–water partition coefficient (Wildman–Crippen LogP) is 4.88. The summed E-state index contributed by atoms with van der Waals surface area (Å²) in [6, 6.07) is 18.2. The van der Waals surface area contributed by atoms with Crippen LogP contribution in [0.4, 0.5) is 28.7 Å². The maximum Gasteiger partial charge on any atom is 0.136 e. The highest BCUT2D eigenvalue weighted by Gasteiger charge is 2.12. The lowest BCUT2D eigenvalue weighted by atomic mass is 10.2. The Hall–Kier alpha value is -3.28. The van der Waals surface area contributed by atoms with Gasteiger partial charge in [0.05, 0.1) is 7.11 Å². The summed E-state index contributed by atoms with van der Waals surface area (Å²) >= 11 is 0. The molecule has 2 aromatic carbocycles. The van der Waals surface area contributed by atoms with Gasteiger partial charge in [-0.05, 0) is 56.2 Å². The average molecular weight is 375 g/mol. The van der Waals surface area contributed by atoms with Crippen molar-refractivity contribution >= 4 is 28.7 Å². The molecule has 0 bridgehead atoms. The van der Waals surface area contributed by atoms with Crippen molar-refractivity contribution in [2.75, 3.05) is 35.7 Å². The number of aromatic nitrogens is 2. The SMILES string of the molecule is COc1cccc(Nc2cc(Nc3ccc(N4CCCC4)cc3)nc(C)n2)c1. The molecule has 4 rings (SSSR count). The molecule has 0 unspecified atom stereocenters. The molecule has 1 aliphatic rings. The van der Waals surface area contributed by atoms with Crippen LogP contribution in [0.5, 0.6) is 5.75 Å². The number of hydrogen-bond acceptors (Lipinski definition) is 6. The van der Waals surface area contributed by atoms with Gasteiger partial charge >= 0.3 is 0 Å². The summed E-state index contributed by atoms with van der Waals surface area (Å²) in [5, 5.41) is 6.69. The third-order valence-corrected chi connectivity index (χ3v) is 4.79. The van der Waals surface area contributed by atoms with Crippen molar-refractivity contribution in [2.45, 2.75) is 19.8 Å². The van der Waals surface area contributed by atoms with E-state index in [0.29, 0.717) is 5.82 Å². The van der Waals surface area contributed by atoms with E-state index in [1.54, 1.807) is 7.11 Å². The fourth-order valence-electron chi connectivity index (χ4n) is 3.42. The molecule has 1 aliphatic heterocycles. The van der Waals surface area contributed by atoms with Gasteiger partial charge < -0.3 is 20.3 Å². The minimum Gasteiger partial charge on any atom is -0.497 e. The summed E-state index contributed by atoms with van der Waals surface area (Å²) in [4.78, 5) is 11.4. The largest absolute Gasteiger partial charge is 0.497 e. The molecule has 144 valence electrons. The van der Waals surface area contributed by atoms with Crippen LogP contribution in [0.1, 0.15) is 18.7 Å². The summed E-state index contributed by atoms with van der Waals surface area (Å²) < 4.78 is 5.28. The summed E-state index contributed by atoms with van der Waals surface area (Å²) in [6.07, 6.45) is 2.56. The van der Waals surface area contributed by atoms with Crippen molar-refractivity contribution in [1.29, 1.82) is 0 Å².